The van der Waals surface area contributed by atoms with Gasteiger partial charge in [0.15, 0.2) is 0 Å². The molecule has 22 heavy (non-hydrogen) atoms. The van der Waals surface area contributed by atoms with Gasteiger partial charge >= 0.3 is 0 Å². The van der Waals surface area contributed by atoms with Gasteiger partial charge in [0.2, 0.25) is 0 Å². The number of hydrogen-bond acceptors (Lipinski definition) is 3. The van der Waals surface area contributed by atoms with Crippen molar-refractivity contribution in [3.63, 3.8) is 0 Å². The lowest BCUT2D eigenvalue weighted by molar-refractivity contribution is -0.172. The van der Waals surface area contributed by atoms with Crippen LogP contribution in [0.5, 0.6) is 0 Å². The van der Waals surface area contributed by atoms with Gasteiger partial charge in [0.1, 0.15) is 0 Å². The predicted octanol–water partition coefficient (Wildman–Crippen LogP) is 3.24. The number of rotatable bonds is 4. The number of benzene rings is 2. The van der Waals surface area contributed by atoms with Gasteiger partial charge in [-0.3, -0.25) is 14.4 Å². The fourth-order valence-electron chi connectivity index (χ4n) is 2.62. The van der Waals surface area contributed by atoms with Gasteiger partial charge in [0, 0.05) is 6.42 Å². The monoisotopic (exact) mass is 295 g/mol. The summed E-state index contributed by atoms with van der Waals surface area (Å²) in [6, 6.07) is 16.6. The minimum atomic E-state index is -0.672. The van der Waals surface area contributed by atoms with E-state index in [1.54, 1.807) is 24.3 Å². The summed E-state index contributed by atoms with van der Waals surface area (Å²) in [5, 5.41) is 0.883. The molecule has 0 aromatic heterocycles. The molecule has 0 unspecified atom stereocenters. The highest BCUT2D eigenvalue weighted by atomic mass is 16.7. The lowest BCUT2D eigenvalue weighted by Gasteiger charge is -2.28. The van der Waals surface area contributed by atoms with Crippen LogP contribution in [0.15, 0.2) is 54.6 Å². The van der Waals surface area contributed by atoms with Crippen LogP contribution in [0.2, 0.25) is 0 Å². The first-order chi connectivity index (χ1) is 10.5. The molecule has 2 amide bonds. The average molecular weight is 295 g/mol. The molecule has 0 radical (unpaired) electrons. The molecule has 4 heteroatoms. The zero-order chi connectivity index (χ0) is 15.7. The van der Waals surface area contributed by atoms with Gasteiger partial charge in [-0.05, 0) is 31.5 Å². The quantitative estimate of drug-likeness (QED) is 0.814. The van der Waals surface area contributed by atoms with Gasteiger partial charge in [-0.1, -0.05) is 42.5 Å². The highest BCUT2D eigenvalue weighted by Crippen LogP contribution is 2.27. The summed E-state index contributed by atoms with van der Waals surface area (Å²) in [6.45, 7) is 3.73. The molecule has 0 saturated heterocycles. The number of imide groups is 1. The minimum Gasteiger partial charge on any atom is -0.266 e. The molecule has 0 saturated carbocycles. The second kappa shape index (κ2) is 5.39. The Balaban J connectivity index is 1.79. The molecule has 0 N–H and O–H groups in total. The fraction of sp³-hybridized carbons (Fsp3) is 0.222. The van der Waals surface area contributed by atoms with Crippen LogP contribution in [-0.4, -0.2) is 22.5 Å². The van der Waals surface area contributed by atoms with Crippen LogP contribution in [-0.2, 0) is 11.3 Å². The molecular weight excluding hydrogens is 278 g/mol. The molecule has 0 atom stereocenters. The fourth-order valence-corrected chi connectivity index (χ4v) is 2.62. The number of carbonyl (C=O) groups is 2. The van der Waals surface area contributed by atoms with E-state index in [1.807, 2.05) is 44.2 Å². The number of nitrogens with zero attached hydrogens (tertiary/aromatic N) is 1. The van der Waals surface area contributed by atoms with Crippen molar-refractivity contribution in [1.29, 1.82) is 0 Å². The third-order valence-electron chi connectivity index (χ3n) is 3.57. The van der Waals surface area contributed by atoms with E-state index >= 15 is 0 Å². The highest BCUT2D eigenvalue weighted by molar-refractivity contribution is 6.20. The first-order valence-corrected chi connectivity index (χ1v) is 7.19. The van der Waals surface area contributed by atoms with Crippen LogP contribution in [0.25, 0.3) is 0 Å². The van der Waals surface area contributed by atoms with Crippen LogP contribution in [0, 0.1) is 0 Å². The molecule has 1 aliphatic rings. The Kier molecular flexibility index (Phi) is 3.54. The van der Waals surface area contributed by atoms with Crippen molar-refractivity contribution < 1.29 is 14.4 Å². The smallest absolute Gasteiger partial charge is 0.266 e. The van der Waals surface area contributed by atoms with E-state index in [1.165, 1.54) is 0 Å². The van der Waals surface area contributed by atoms with Crippen molar-refractivity contribution in [2.75, 3.05) is 0 Å². The number of hydrogen-bond donors (Lipinski definition) is 0. The Morgan fingerprint density at radius 2 is 1.36 bits per heavy atom. The lowest BCUT2D eigenvalue weighted by atomic mass is 9.99. The first-order valence-electron chi connectivity index (χ1n) is 7.19. The summed E-state index contributed by atoms with van der Waals surface area (Å²) in [5.74, 6) is -0.802. The van der Waals surface area contributed by atoms with Gasteiger partial charge in [0.05, 0.1) is 16.7 Å². The molecule has 4 nitrogen and oxygen atoms in total. The molecule has 1 heterocycles. The molecule has 0 spiro atoms. The van der Waals surface area contributed by atoms with Gasteiger partial charge < -0.3 is 0 Å². The Morgan fingerprint density at radius 1 is 0.864 bits per heavy atom. The Hall–Kier alpha value is -2.46. The standard InChI is InChI=1S/C18H17NO3/c1-18(2,12-13-8-4-3-5-9-13)22-19-16(20)14-10-6-7-11-15(14)17(19)21/h3-11H,12H2,1-2H3. The summed E-state index contributed by atoms with van der Waals surface area (Å²) >= 11 is 0. The third kappa shape index (κ3) is 2.65. The van der Waals surface area contributed by atoms with Crippen LogP contribution in [0.3, 0.4) is 0 Å². The zero-order valence-corrected chi connectivity index (χ0v) is 12.6. The van der Waals surface area contributed by atoms with E-state index in [0.29, 0.717) is 17.5 Å². The molecule has 0 bridgehead atoms. The lowest BCUT2D eigenvalue weighted by Crippen LogP contribution is -2.40. The maximum atomic E-state index is 12.3. The van der Waals surface area contributed by atoms with Crippen molar-refractivity contribution >= 4 is 11.8 Å². The maximum absolute atomic E-state index is 12.3. The van der Waals surface area contributed by atoms with Crippen LogP contribution < -0.4 is 0 Å². The molecule has 0 fully saturated rings. The van der Waals surface area contributed by atoms with Crippen LogP contribution in [0.4, 0.5) is 0 Å². The number of amides is 2. The van der Waals surface area contributed by atoms with E-state index in [9.17, 15) is 9.59 Å². The SMILES string of the molecule is CC(C)(Cc1ccccc1)ON1C(=O)c2ccccc2C1=O. The normalized spacial score (nSPS) is 14.4. The summed E-state index contributed by atoms with van der Waals surface area (Å²) in [4.78, 5) is 30.4. The molecular formula is C18H17NO3. The van der Waals surface area contributed by atoms with Gasteiger partial charge in [-0.2, -0.15) is 0 Å². The van der Waals surface area contributed by atoms with Gasteiger partial charge in [0.25, 0.3) is 11.8 Å². The van der Waals surface area contributed by atoms with Gasteiger partial charge in [-0.25, -0.2) is 0 Å². The second-order valence-corrected chi connectivity index (χ2v) is 5.96. The third-order valence-corrected chi connectivity index (χ3v) is 3.57. The minimum absolute atomic E-state index is 0.392. The van der Waals surface area contributed by atoms with Crippen LogP contribution >= 0.6 is 0 Å². The summed E-state index contributed by atoms with van der Waals surface area (Å²) in [6.07, 6.45) is 0.598. The van der Waals surface area contributed by atoms with E-state index in [4.69, 9.17) is 4.84 Å². The van der Waals surface area contributed by atoms with Crippen LogP contribution in [0.1, 0.15) is 40.1 Å². The summed E-state index contributed by atoms with van der Waals surface area (Å²) < 4.78 is 0. The molecule has 1 aliphatic heterocycles. The predicted molar refractivity (Wildman–Crippen MR) is 82.3 cm³/mol. The topological polar surface area (TPSA) is 46.6 Å². The number of hydroxylamine groups is 2. The maximum Gasteiger partial charge on any atom is 0.285 e. The van der Waals surface area contributed by atoms with E-state index in [-0.39, 0.29) is 0 Å². The van der Waals surface area contributed by atoms with Crippen molar-refractivity contribution in [2.45, 2.75) is 25.9 Å². The molecule has 112 valence electrons. The Labute approximate surface area is 129 Å². The highest BCUT2D eigenvalue weighted by Gasteiger charge is 2.39. The zero-order valence-electron chi connectivity index (χ0n) is 12.6. The van der Waals surface area contributed by atoms with Crippen molar-refractivity contribution in [3.05, 3.63) is 71.3 Å². The van der Waals surface area contributed by atoms with E-state index in [0.717, 1.165) is 10.6 Å². The average Bonchev–Trinajstić information content (AvgIpc) is 2.73. The van der Waals surface area contributed by atoms with Gasteiger partial charge in [-0.15, -0.1) is 5.06 Å². The molecule has 2 aromatic rings. The Bertz CT molecular complexity index is 687. The Morgan fingerprint density at radius 3 is 1.91 bits per heavy atom. The van der Waals surface area contributed by atoms with Crippen molar-refractivity contribution in [3.8, 4) is 0 Å². The first kappa shape index (κ1) is 14.5. The second-order valence-electron chi connectivity index (χ2n) is 5.96. The number of fused-ring (bicyclic) bond motifs is 1. The van der Waals surface area contributed by atoms with Crippen molar-refractivity contribution in [2.24, 2.45) is 0 Å². The summed E-state index contributed by atoms with van der Waals surface area (Å²) in [7, 11) is 0. The number of carbonyl (C=O) groups excluding carboxylic acids is 2. The van der Waals surface area contributed by atoms with Crippen molar-refractivity contribution in [1.82, 2.24) is 5.06 Å². The largest absolute Gasteiger partial charge is 0.285 e. The molecule has 3 rings (SSSR count). The molecule has 2 aromatic carbocycles. The molecule has 0 aliphatic carbocycles. The van der Waals surface area contributed by atoms with E-state index < -0.39 is 17.4 Å². The van der Waals surface area contributed by atoms with E-state index in [2.05, 4.69) is 0 Å². The summed E-state index contributed by atoms with van der Waals surface area (Å²) in [5.41, 5.74) is 1.20.